The van der Waals surface area contributed by atoms with Crippen LogP contribution in [0.15, 0.2) is 30.4 Å². The molecule has 0 amide bonds. The third-order valence-corrected chi connectivity index (χ3v) is 9.92. The third-order valence-electron chi connectivity index (χ3n) is 9.92. The van der Waals surface area contributed by atoms with Crippen LogP contribution in [0.4, 0.5) is 0 Å². The highest BCUT2D eigenvalue weighted by Crippen LogP contribution is 2.69. The highest BCUT2D eigenvalue weighted by molar-refractivity contribution is 6.03. The second kappa shape index (κ2) is 7.84. The first kappa shape index (κ1) is 22.6. The molecule has 6 rings (SSSR count). The molecule has 0 N–H and O–H groups in total. The Kier molecular flexibility index (Phi) is 5.07. The zero-order valence-corrected chi connectivity index (χ0v) is 20.3. The topological polar surface area (TPSA) is 88.1 Å². The van der Waals surface area contributed by atoms with Crippen molar-refractivity contribution in [3.05, 3.63) is 35.9 Å². The lowest BCUT2D eigenvalue weighted by atomic mass is 9.43. The molecule has 1 aromatic rings. The fourth-order valence-corrected chi connectivity index (χ4v) is 8.45. The van der Waals surface area contributed by atoms with Crippen LogP contribution >= 0.6 is 0 Å². The van der Waals surface area contributed by atoms with Gasteiger partial charge in [0.15, 0.2) is 17.3 Å². The number of carbonyl (C=O) groups is 3. The molecule has 1 spiro atoms. The Labute approximate surface area is 205 Å². The van der Waals surface area contributed by atoms with E-state index in [1.165, 1.54) is 7.11 Å². The van der Waals surface area contributed by atoms with E-state index in [4.69, 9.17) is 18.9 Å². The largest absolute Gasteiger partial charge is 0.469 e. The lowest BCUT2D eigenvalue weighted by Crippen LogP contribution is -2.59. The summed E-state index contributed by atoms with van der Waals surface area (Å²) in [6.45, 7) is 6.50. The van der Waals surface area contributed by atoms with E-state index < -0.39 is 12.1 Å². The quantitative estimate of drug-likeness (QED) is 0.465. The van der Waals surface area contributed by atoms with Gasteiger partial charge < -0.3 is 18.9 Å². The lowest BCUT2D eigenvalue weighted by Gasteiger charge is -2.61. The zero-order chi connectivity index (χ0) is 24.5. The molecule has 2 bridgehead atoms. The number of esters is 2. The summed E-state index contributed by atoms with van der Waals surface area (Å²) in [6, 6.07) is 5.01. The first-order valence-corrected chi connectivity index (χ1v) is 12.7. The number of benzene rings is 1. The molecular formula is C28H32O7. The standard InChI is InChI=1S/C28H32O7/c1-15-17-5-7-23-27(2)13-18(35-25(30)16-4-6-21-22(10-16)34-14-33-21)11-19(26(31)32-3)20(27)8-9-28(23,12-17)24(15)29/h4,6,10,17-20,23H,1,5,7-9,11-14H2,2-3H3/t17-,18-,19-,20-,23+,27-,28-/m1/s1. The van der Waals surface area contributed by atoms with Crippen LogP contribution in [0.2, 0.25) is 0 Å². The Morgan fingerprint density at radius 1 is 1.11 bits per heavy atom. The summed E-state index contributed by atoms with van der Waals surface area (Å²) in [7, 11) is 1.42. The van der Waals surface area contributed by atoms with Crippen molar-refractivity contribution in [1.29, 1.82) is 0 Å². The number of methoxy groups -OCH3 is 1. The first-order valence-electron chi connectivity index (χ1n) is 12.7. The summed E-state index contributed by atoms with van der Waals surface area (Å²) in [4.78, 5) is 39.5. The van der Waals surface area contributed by atoms with E-state index in [1.807, 2.05) is 0 Å². The average molecular weight is 481 g/mol. The molecule has 7 atom stereocenters. The van der Waals surface area contributed by atoms with Gasteiger partial charge >= 0.3 is 11.9 Å². The van der Waals surface area contributed by atoms with Crippen molar-refractivity contribution in [2.24, 2.45) is 34.5 Å². The van der Waals surface area contributed by atoms with Crippen molar-refractivity contribution in [2.75, 3.05) is 13.9 Å². The minimum Gasteiger partial charge on any atom is -0.469 e. The van der Waals surface area contributed by atoms with Gasteiger partial charge in [-0.15, -0.1) is 0 Å². The minimum atomic E-state index is -0.446. The molecule has 186 valence electrons. The fraction of sp³-hybridized carbons (Fsp3) is 0.607. The maximum atomic E-state index is 13.5. The molecule has 1 aliphatic heterocycles. The summed E-state index contributed by atoms with van der Waals surface area (Å²) in [6.07, 6.45) is 5.03. The van der Waals surface area contributed by atoms with E-state index in [2.05, 4.69) is 13.5 Å². The van der Waals surface area contributed by atoms with E-state index in [1.54, 1.807) is 18.2 Å². The number of ether oxygens (including phenoxy) is 4. The molecule has 1 aromatic carbocycles. The molecule has 4 aliphatic carbocycles. The molecule has 1 heterocycles. The van der Waals surface area contributed by atoms with Gasteiger partial charge in [-0.05, 0) is 91.9 Å². The number of carbonyl (C=O) groups excluding carboxylic acids is 3. The molecule has 7 nitrogen and oxygen atoms in total. The smallest absolute Gasteiger partial charge is 0.338 e. The maximum absolute atomic E-state index is 13.5. The molecule has 7 heteroatoms. The number of fused-ring (bicyclic) bond motifs is 4. The maximum Gasteiger partial charge on any atom is 0.338 e. The van der Waals surface area contributed by atoms with Crippen LogP contribution in [-0.4, -0.2) is 37.7 Å². The Balaban J connectivity index is 1.31. The summed E-state index contributed by atoms with van der Waals surface area (Å²) in [5.74, 6) is 0.843. The van der Waals surface area contributed by atoms with Gasteiger partial charge in [0, 0.05) is 5.41 Å². The highest BCUT2D eigenvalue weighted by atomic mass is 16.7. The van der Waals surface area contributed by atoms with Gasteiger partial charge in [-0.2, -0.15) is 0 Å². The predicted octanol–water partition coefficient (Wildman–Crippen LogP) is 4.48. The van der Waals surface area contributed by atoms with Crippen LogP contribution < -0.4 is 9.47 Å². The first-order chi connectivity index (χ1) is 16.8. The zero-order valence-electron chi connectivity index (χ0n) is 20.3. The molecule has 0 saturated heterocycles. The van der Waals surface area contributed by atoms with Crippen molar-refractivity contribution >= 4 is 17.7 Å². The van der Waals surface area contributed by atoms with Crippen LogP contribution in [0.5, 0.6) is 11.5 Å². The minimum absolute atomic E-state index is 0.101. The van der Waals surface area contributed by atoms with Crippen molar-refractivity contribution in [3.8, 4) is 11.5 Å². The van der Waals surface area contributed by atoms with E-state index >= 15 is 0 Å². The number of ketones is 1. The SMILES string of the molecule is C=C1C(=O)[C@@]23CC[C@@H]4[C@H](C(=O)OC)C[C@@H](OC(=O)c5ccc6c(c5)OCO6)C[C@@]4(C)[C@@H]2CC[C@@H]1C3. The van der Waals surface area contributed by atoms with Crippen LogP contribution in [0, 0.1) is 34.5 Å². The summed E-state index contributed by atoms with van der Waals surface area (Å²) in [5.41, 5.74) is 0.495. The van der Waals surface area contributed by atoms with Crippen molar-refractivity contribution in [2.45, 2.75) is 58.0 Å². The van der Waals surface area contributed by atoms with Crippen molar-refractivity contribution < 1.29 is 33.3 Å². The number of hydrogen-bond donors (Lipinski definition) is 0. The van der Waals surface area contributed by atoms with Crippen LogP contribution in [0.25, 0.3) is 0 Å². The van der Waals surface area contributed by atoms with Crippen LogP contribution in [-0.2, 0) is 19.1 Å². The molecule has 5 aliphatic rings. The highest BCUT2D eigenvalue weighted by Gasteiger charge is 2.67. The second-order valence-electron chi connectivity index (χ2n) is 11.4. The van der Waals surface area contributed by atoms with Crippen molar-refractivity contribution in [3.63, 3.8) is 0 Å². The molecule has 4 saturated carbocycles. The normalized spacial score (nSPS) is 39.0. The molecular weight excluding hydrogens is 448 g/mol. The van der Waals surface area contributed by atoms with Crippen LogP contribution in [0.3, 0.4) is 0 Å². The summed E-state index contributed by atoms with van der Waals surface area (Å²) < 4.78 is 22.0. The predicted molar refractivity (Wildman–Crippen MR) is 125 cm³/mol. The van der Waals surface area contributed by atoms with Gasteiger partial charge in [-0.25, -0.2) is 4.79 Å². The summed E-state index contributed by atoms with van der Waals surface area (Å²) >= 11 is 0. The van der Waals surface area contributed by atoms with Gasteiger partial charge in [0.2, 0.25) is 6.79 Å². The summed E-state index contributed by atoms with van der Waals surface area (Å²) in [5, 5.41) is 0. The monoisotopic (exact) mass is 480 g/mol. The molecule has 0 aromatic heterocycles. The Hall–Kier alpha value is -2.83. The average Bonchev–Trinajstić information content (AvgIpc) is 3.39. The van der Waals surface area contributed by atoms with E-state index in [9.17, 15) is 14.4 Å². The van der Waals surface area contributed by atoms with Gasteiger partial charge in [0.25, 0.3) is 0 Å². The van der Waals surface area contributed by atoms with E-state index in [0.717, 1.165) is 37.7 Å². The molecule has 4 fully saturated rings. The number of rotatable bonds is 3. The van der Waals surface area contributed by atoms with Crippen LogP contribution in [0.1, 0.15) is 62.2 Å². The van der Waals surface area contributed by atoms with Gasteiger partial charge in [-0.3, -0.25) is 9.59 Å². The second-order valence-corrected chi connectivity index (χ2v) is 11.4. The van der Waals surface area contributed by atoms with Gasteiger partial charge in [0.05, 0.1) is 18.6 Å². The number of hydrogen-bond acceptors (Lipinski definition) is 7. The molecule has 0 unspecified atom stereocenters. The van der Waals surface area contributed by atoms with E-state index in [0.29, 0.717) is 35.8 Å². The number of allylic oxidation sites excluding steroid dienone is 1. The lowest BCUT2D eigenvalue weighted by molar-refractivity contribution is -0.178. The number of Topliss-reactive ketones (excluding diaryl/α,β-unsaturated/α-hetero) is 1. The fourth-order valence-electron chi connectivity index (χ4n) is 8.45. The Morgan fingerprint density at radius 2 is 1.91 bits per heavy atom. The molecule has 35 heavy (non-hydrogen) atoms. The Morgan fingerprint density at radius 3 is 2.71 bits per heavy atom. The third kappa shape index (κ3) is 3.19. The Bertz CT molecular complexity index is 1120. The van der Waals surface area contributed by atoms with Gasteiger partial charge in [-0.1, -0.05) is 13.5 Å². The van der Waals surface area contributed by atoms with E-state index in [-0.39, 0.29) is 47.1 Å². The van der Waals surface area contributed by atoms with Crippen molar-refractivity contribution in [1.82, 2.24) is 0 Å². The van der Waals surface area contributed by atoms with Gasteiger partial charge in [0.1, 0.15) is 6.10 Å². The molecule has 0 radical (unpaired) electrons.